The van der Waals surface area contributed by atoms with Gasteiger partial charge in [0, 0.05) is 63.8 Å². The maximum absolute atomic E-state index is 12.4. The third-order valence-electron chi connectivity index (χ3n) is 4.56. The molecular formula is C19H23F3N6O2. The third-order valence-corrected chi connectivity index (χ3v) is 4.56. The molecule has 0 atom stereocenters. The molecule has 0 saturated carbocycles. The molecule has 2 aromatic rings. The number of hydrogen-bond donors (Lipinski definition) is 2. The van der Waals surface area contributed by atoms with Gasteiger partial charge in [-0.25, -0.2) is 14.8 Å². The minimum Gasteiger partial charge on any atom is -0.405 e. The van der Waals surface area contributed by atoms with E-state index >= 15 is 0 Å². The number of ether oxygens (including phenoxy) is 1. The average Bonchev–Trinajstić information content (AvgIpc) is 2.73. The molecule has 0 bridgehead atoms. The van der Waals surface area contributed by atoms with Crippen molar-refractivity contribution in [3.05, 3.63) is 48.3 Å². The summed E-state index contributed by atoms with van der Waals surface area (Å²) in [7, 11) is 0. The molecule has 8 nitrogen and oxygen atoms in total. The summed E-state index contributed by atoms with van der Waals surface area (Å²) in [5.74, 6) is 0.384. The van der Waals surface area contributed by atoms with Gasteiger partial charge in [-0.05, 0) is 12.1 Å². The summed E-state index contributed by atoms with van der Waals surface area (Å²) in [6.07, 6.45) is -1.36. The van der Waals surface area contributed by atoms with E-state index in [1.807, 2.05) is 0 Å². The lowest BCUT2D eigenvalue weighted by atomic mass is 10.2. The van der Waals surface area contributed by atoms with Gasteiger partial charge >= 0.3 is 12.4 Å². The number of para-hydroxylation sites is 1. The van der Waals surface area contributed by atoms with E-state index in [0.29, 0.717) is 19.0 Å². The second-order valence-electron chi connectivity index (χ2n) is 6.64. The average molecular weight is 424 g/mol. The Kier molecular flexibility index (Phi) is 7.28. The number of urea groups is 1. The van der Waals surface area contributed by atoms with Crippen molar-refractivity contribution in [2.45, 2.75) is 12.9 Å². The fraction of sp³-hybridized carbons (Fsp3) is 0.421. The molecule has 0 aliphatic carbocycles. The Morgan fingerprint density at radius 3 is 2.43 bits per heavy atom. The van der Waals surface area contributed by atoms with Crippen LogP contribution in [0.4, 0.5) is 23.9 Å². The normalized spacial score (nSPS) is 15.0. The van der Waals surface area contributed by atoms with Gasteiger partial charge in [0.2, 0.25) is 5.95 Å². The molecule has 2 N–H and O–H groups in total. The highest BCUT2D eigenvalue weighted by Gasteiger charge is 2.32. The molecule has 2 heterocycles. The predicted octanol–water partition coefficient (Wildman–Crippen LogP) is 2.00. The SMILES string of the molecule is O=C(NCCN1CCN(c2ncccn2)CC1)NCc1ccccc1OC(F)(F)F. The third kappa shape index (κ3) is 6.76. The Morgan fingerprint density at radius 1 is 1.03 bits per heavy atom. The standard InChI is InChI=1S/C19H23F3N6O2/c20-19(21,22)30-16-5-2-1-4-15(16)14-26-18(29)25-8-9-27-10-12-28(13-11-27)17-23-6-3-7-24-17/h1-7H,8-14H2,(H2,25,26,29). The van der Waals surface area contributed by atoms with Crippen molar-refractivity contribution in [1.82, 2.24) is 25.5 Å². The van der Waals surface area contributed by atoms with E-state index < -0.39 is 12.4 Å². The van der Waals surface area contributed by atoms with E-state index in [1.54, 1.807) is 24.5 Å². The van der Waals surface area contributed by atoms with Gasteiger partial charge in [-0.1, -0.05) is 18.2 Å². The topological polar surface area (TPSA) is 82.6 Å². The fourth-order valence-corrected chi connectivity index (χ4v) is 3.07. The number of amides is 2. The van der Waals surface area contributed by atoms with Gasteiger partial charge in [0.05, 0.1) is 0 Å². The molecule has 1 aromatic carbocycles. The molecule has 1 saturated heterocycles. The van der Waals surface area contributed by atoms with Crippen LogP contribution in [0.25, 0.3) is 0 Å². The lowest BCUT2D eigenvalue weighted by Gasteiger charge is -2.34. The van der Waals surface area contributed by atoms with E-state index in [2.05, 4.69) is 35.1 Å². The fourth-order valence-electron chi connectivity index (χ4n) is 3.07. The van der Waals surface area contributed by atoms with Gasteiger partial charge in [-0.15, -0.1) is 13.2 Å². The van der Waals surface area contributed by atoms with E-state index in [0.717, 1.165) is 26.2 Å². The van der Waals surface area contributed by atoms with Gasteiger partial charge in [0.25, 0.3) is 0 Å². The number of hydrogen-bond acceptors (Lipinski definition) is 6. The Hall–Kier alpha value is -3.08. The quantitative estimate of drug-likeness (QED) is 0.708. The molecular weight excluding hydrogens is 401 g/mol. The van der Waals surface area contributed by atoms with E-state index in [4.69, 9.17) is 0 Å². The van der Waals surface area contributed by atoms with Crippen LogP contribution in [0.3, 0.4) is 0 Å². The molecule has 1 fully saturated rings. The van der Waals surface area contributed by atoms with Gasteiger partial charge < -0.3 is 20.3 Å². The largest absolute Gasteiger partial charge is 0.573 e. The van der Waals surface area contributed by atoms with Crippen molar-refractivity contribution in [3.8, 4) is 5.75 Å². The zero-order chi connectivity index (χ0) is 21.4. The van der Waals surface area contributed by atoms with Crippen LogP contribution < -0.4 is 20.3 Å². The van der Waals surface area contributed by atoms with Crippen LogP contribution in [-0.4, -0.2) is 66.5 Å². The molecule has 1 aliphatic rings. The molecule has 0 unspecified atom stereocenters. The first-order chi connectivity index (χ1) is 14.4. The molecule has 162 valence electrons. The number of nitrogens with one attached hydrogen (secondary N) is 2. The van der Waals surface area contributed by atoms with Crippen LogP contribution in [0, 0.1) is 0 Å². The number of nitrogens with zero attached hydrogens (tertiary/aromatic N) is 4. The maximum atomic E-state index is 12.4. The minimum atomic E-state index is -4.78. The lowest BCUT2D eigenvalue weighted by Crippen LogP contribution is -2.49. The minimum absolute atomic E-state index is 0.0756. The van der Waals surface area contributed by atoms with Crippen molar-refractivity contribution < 1.29 is 22.7 Å². The molecule has 11 heteroatoms. The van der Waals surface area contributed by atoms with Gasteiger partial charge in [0.15, 0.2) is 0 Å². The first-order valence-electron chi connectivity index (χ1n) is 9.50. The van der Waals surface area contributed by atoms with Gasteiger partial charge in [-0.3, -0.25) is 4.90 Å². The number of anilines is 1. The highest BCUT2D eigenvalue weighted by atomic mass is 19.4. The monoisotopic (exact) mass is 424 g/mol. The van der Waals surface area contributed by atoms with Crippen LogP contribution >= 0.6 is 0 Å². The van der Waals surface area contributed by atoms with Crippen LogP contribution in [0.2, 0.25) is 0 Å². The van der Waals surface area contributed by atoms with Crippen molar-refractivity contribution >= 4 is 12.0 Å². The predicted molar refractivity (Wildman–Crippen MR) is 104 cm³/mol. The maximum Gasteiger partial charge on any atom is 0.573 e. The summed E-state index contributed by atoms with van der Waals surface area (Å²) in [6.45, 7) is 4.26. The first kappa shape index (κ1) is 21.6. The lowest BCUT2D eigenvalue weighted by molar-refractivity contribution is -0.274. The highest BCUT2D eigenvalue weighted by molar-refractivity contribution is 5.73. The van der Waals surface area contributed by atoms with Crippen LogP contribution in [-0.2, 0) is 6.54 Å². The first-order valence-corrected chi connectivity index (χ1v) is 9.50. The van der Waals surface area contributed by atoms with Crippen LogP contribution in [0.5, 0.6) is 5.75 Å². The number of carbonyl (C=O) groups excluding carboxylic acids is 1. The Bertz CT molecular complexity index is 813. The number of aromatic nitrogens is 2. The smallest absolute Gasteiger partial charge is 0.405 e. The van der Waals surface area contributed by atoms with Crippen LogP contribution in [0.1, 0.15) is 5.56 Å². The molecule has 30 heavy (non-hydrogen) atoms. The second-order valence-corrected chi connectivity index (χ2v) is 6.64. The molecule has 2 amide bonds. The molecule has 3 rings (SSSR count). The van der Waals surface area contributed by atoms with Gasteiger partial charge in [0.1, 0.15) is 5.75 Å². The summed E-state index contributed by atoms with van der Waals surface area (Å²) in [5, 5.41) is 5.27. The van der Waals surface area contributed by atoms with E-state index in [9.17, 15) is 18.0 Å². The van der Waals surface area contributed by atoms with Crippen molar-refractivity contribution in [1.29, 1.82) is 0 Å². The summed E-state index contributed by atoms with van der Waals surface area (Å²) in [6, 6.07) is 7.03. The van der Waals surface area contributed by atoms with Crippen molar-refractivity contribution in [2.75, 3.05) is 44.2 Å². The van der Waals surface area contributed by atoms with Crippen molar-refractivity contribution in [2.24, 2.45) is 0 Å². The number of halogens is 3. The van der Waals surface area contributed by atoms with Crippen LogP contribution in [0.15, 0.2) is 42.7 Å². The van der Waals surface area contributed by atoms with E-state index in [1.165, 1.54) is 18.2 Å². The number of rotatable bonds is 7. The number of alkyl halides is 3. The Morgan fingerprint density at radius 2 is 1.73 bits per heavy atom. The number of benzene rings is 1. The molecule has 0 radical (unpaired) electrons. The summed E-state index contributed by atoms with van der Waals surface area (Å²) in [5.41, 5.74) is 0.240. The molecule has 1 aromatic heterocycles. The summed E-state index contributed by atoms with van der Waals surface area (Å²) < 4.78 is 41.3. The second kappa shape index (κ2) is 10.1. The zero-order valence-corrected chi connectivity index (χ0v) is 16.2. The summed E-state index contributed by atoms with van der Waals surface area (Å²) in [4.78, 5) is 24.8. The Balaban J connectivity index is 1.35. The highest BCUT2D eigenvalue weighted by Crippen LogP contribution is 2.26. The molecule has 1 aliphatic heterocycles. The van der Waals surface area contributed by atoms with Gasteiger partial charge in [-0.2, -0.15) is 0 Å². The number of piperazine rings is 1. The van der Waals surface area contributed by atoms with E-state index in [-0.39, 0.29) is 17.9 Å². The molecule has 0 spiro atoms. The summed E-state index contributed by atoms with van der Waals surface area (Å²) >= 11 is 0. The van der Waals surface area contributed by atoms with Crippen molar-refractivity contribution in [3.63, 3.8) is 0 Å². The Labute approximate surface area is 172 Å². The zero-order valence-electron chi connectivity index (χ0n) is 16.2. The number of carbonyl (C=O) groups is 1.